The molecular weight excluding hydrogens is 368 g/mol. The van der Waals surface area contributed by atoms with Gasteiger partial charge in [0.15, 0.2) is 0 Å². The maximum atomic E-state index is 13.4. The minimum atomic E-state index is -0.245. The predicted molar refractivity (Wildman–Crippen MR) is 112 cm³/mol. The van der Waals surface area contributed by atoms with E-state index in [-0.39, 0.29) is 23.7 Å². The minimum absolute atomic E-state index is 0.0920. The van der Waals surface area contributed by atoms with Crippen molar-refractivity contribution < 1.29 is 19.1 Å². The van der Waals surface area contributed by atoms with Crippen LogP contribution >= 0.6 is 0 Å². The van der Waals surface area contributed by atoms with Crippen LogP contribution in [0.25, 0.3) is 0 Å². The molecule has 6 nitrogen and oxygen atoms in total. The molecular formula is C23H34N2O4. The Bertz CT molecular complexity index is 728. The molecule has 2 heterocycles. The number of rotatable bonds is 6. The Balaban J connectivity index is 1.92. The number of piperidine rings is 1. The van der Waals surface area contributed by atoms with Crippen molar-refractivity contribution in [3.8, 4) is 11.5 Å². The predicted octanol–water partition coefficient (Wildman–Crippen LogP) is 3.30. The van der Waals surface area contributed by atoms with Gasteiger partial charge in [-0.25, -0.2) is 0 Å². The summed E-state index contributed by atoms with van der Waals surface area (Å²) in [5.74, 6) is 1.72. The van der Waals surface area contributed by atoms with Gasteiger partial charge in [0.05, 0.1) is 20.1 Å². The third-order valence-corrected chi connectivity index (χ3v) is 6.08. The molecule has 0 saturated carbocycles. The Morgan fingerprint density at radius 1 is 1.03 bits per heavy atom. The number of benzene rings is 1. The lowest BCUT2D eigenvalue weighted by molar-refractivity contribution is -0.137. The Morgan fingerprint density at radius 3 is 2.38 bits per heavy atom. The molecule has 2 aliphatic rings. The van der Waals surface area contributed by atoms with Crippen molar-refractivity contribution in [1.82, 2.24) is 9.80 Å². The van der Waals surface area contributed by atoms with Gasteiger partial charge in [0, 0.05) is 44.1 Å². The van der Waals surface area contributed by atoms with Crippen LogP contribution in [0.3, 0.4) is 0 Å². The van der Waals surface area contributed by atoms with Gasteiger partial charge < -0.3 is 19.3 Å². The van der Waals surface area contributed by atoms with E-state index >= 15 is 0 Å². The fourth-order valence-corrected chi connectivity index (χ4v) is 4.53. The van der Waals surface area contributed by atoms with Gasteiger partial charge in [-0.3, -0.25) is 9.59 Å². The van der Waals surface area contributed by atoms with E-state index in [4.69, 9.17) is 9.47 Å². The van der Waals surface area contributed by atoms with Gasteiger partial charge in [0.1, 0.15) is 11.5 Å². The van der Waals surface area contributed by atoms with Crippen molar-refractivity contribution in [3.63, 3.8) is 0 Å². The summed E-state index contributed by atoms with van der Waals surface area (Å²) in [5, 5.41) is 0. The molecule has 0 radical (unpaired) electrons. The number of ether oxygens (including phenoxy) is 2. The summed E-state index contributed by atoms with van der Waals surface area (Å²) in [5.41, 5.74) is 0.946. The van der Waals surface area contributed by atoms with Crippen molar-refractivity contribution in [3.05, 3.63) is 23.8 Å². The molecule has 0 unspecified atom stereocenters. The smallest absolute Gasteiger partial charge is 0.228 e. The van der Waals surface area contributed by atoms with Gasteiger partial charge >= 0.3 is 0 Å². The average Bonchev–Trinajstić information content (AvgIpc) is 3.18. The normalized spacial score (nSPS) is 22.1. The number of hydrogen-bond donors (Lipinski definition) is 0. The number of amides is 2. The molecule has 0 bridgehead atoms. The highest BCUT2D eigenvalue weighted by atomic mass is 16.5. The highest BCUT2D eigenvalue weighted by Gasteiger charge is 2.43. The summed E-state index contributed by atoms with van der Waals surface area (Å²) < 4.78 is 11.0. The molecule has 2 atom stereocenters. The van der Waals surface area contributed by atoms with Crippen molar-refractivity contribution >= 4 is 11.8 Å². The molecule has 1 aromatic rings. The second-order valence-corrected chi connectivity index (χ2v) is 8.60. The van der Waals surface area contributed by atoms with Crippen LogP contribution in [0.2, 0.25) is 0 Å². The molecule has 2 saturated heterocycles. The number of nitrogens with zero attached hydrogens (tertiary/aromatic N) is 2. The van der Waals surface area contributed by atoms with Gasteiger partial charge in [0.2, 0.25) is 11.8 Å². The zero-order valence-corrected chi connectivity index (χ0v) is 18.1. The fraction of sp³-hybridized carbons (Fsp3) is 0.652. The molecule has 6 heteroatoms. The number of likely N-dealkylation sites (tertiary alicyclic amines) is 2. The third kappa shape index (κ3) is 4.85. The summed E-state index contributed by atoms with van der Waals surface area (Å²) in [7, 11) is 3.28. The van der Waals surface area contributed by atoms with Crippen molar-refractivity contribution in [2.75, 3.05) is 40.4 Å². The Kier molecular flexibility index (Phi) is 7.04. The topological polar surface area (TPSA) is 59.1 Å². The summed E-state index contributed by atoms with van der Waals surface area (Å²) in [6, 6.07) is 5.70. The van der Waals surface area contributed by atoms with Crippen LogP contribution in [0.4, 0.5) is 0 Å². The van der Waals surface area contributed by atoms with E-state index in [9.17, 15) is 9.59 Å². The van der Waals surface area contributed by atoms with Crippen LogP contribution in [-0.4, -0.2) is 62.0 Å². The zero-order chi connectivity index (χ0) is 21.0. The first-order valence-corrected chi connectivity index (χ1v) is 10.7. The SMILES string of the molecule is COc1ccc(OC)c([C@@H]2CN(C(=O)CC(C)C)C[C@@H]2C(=O)N2CCCCC2)c1. The highest BCUT2D eigenvalue weighted by molar-refractivity contribution is 5.84. The van der Waals surface area contributed by atoms with Crippen LogP contribution < -0.4 is 9.47 Å². The van der Waals surface area contributed by atoms with Gasteiger partial charge in [-0.15, -0.1) is 0 Å². The molecule has 3 rings (SSSR count). The lowest BCUT2D eigenvalue weighted by Gasteiger charge is -2.31. The van der Waals surface area contributed by atoms with E-state index < -0.39 is 0 Å². The number of hydrogen-bond acceptors (Lipinski definition) is 4. The Hall–Kier alpha value is -2.24. The quantitative estimate of drug-likeness (QED) is 0.733. The molecule has 29 heavy (non-hydrogen) atoms. The van der Waals surface area contributed by atoms with Gasteiger partial charge in [0.25, 0.3) is 0 Å². The first-order chi connectivity index (χ1) is 13.9. The van der Waals surface area contributed by atoms with E-state index in [1.165, 1.54) is 6.42 Å². The van der Waals surface area contributed by atoms with E-state index in [0.717, 1.165) is 43.0 Å². The molecule has 0 N–H and O–H groups in total. The standard InChI is InChI=1S/C23H34N2O4/c1-16(2)12-22(26)25-14-19(18-13-17(28-3)8-9-21(18)29-4)20(15-25)23(27)24-10-6-5-7-11-24/h8-9,13,16,19-20H,5-7,10-12,14-15H2,1-4H3/t19-,20-/m0/s1. The van der Waals surface area contributed by atoms with Crippen LogP contribution in [0, 0.1) is 11.8 Å². The second-order valence-electron chi connectivity index (χ2n) is 8.60. The number of methoxy groups -OCH3 is 2. The summed E-state index contributed by atoms with van der Waals surface area (Å²) in [6.07, 6.45) is 3.80. The monoisotopic (exact) mass is 402 g/mol. The van der Waals surface area contributed by atoms with Gasteiger partial charge in [-0.1, -0.05) is 13.8 Å². The van der Waals surface area contributed by atoms with Crippen LogP contribution in [-0.2, 0) is 9.59 Å². The largest absolute Gasteiger partial charge is 0.497 e. The lowest BCUT2D eigenvalue weighted by atomic mass is 9.86. The Labute approximate surface area is 174 Å². The van der Waals surface area contributed by atoms with Crippen LogP contribution in [0.1, 0.15) is 51.0 Å². The second kappa shape index (κ2) is 9.51. The average molecular weight is 403 g/mol. The summed E-state index contributed by atoms with van der Waals surface area (Å²) in [6.45, 7) is 6.75. The van der Waals surface area contributed by atoms with Crippen molar-refractivity contribution in [2.24, 2.45) is 11.8 Å². The van der Waals surface area contributed by atoms with Crippen LogP contribution in [0.5, 0.6) is 11.5 Å². The molecule has 0 aliphatic carbocycles. The van der Waals surface area contributed by atoms with Gasteiger partial charge in [-0.05, 0) is 43.4 Å². The van der Waals surface area contributed by atoms with Gasteiger partial charge in [-0.2, -0.15) is 0 Å². The maximum absolute atomic E-state index is 13.4. The van der Waals surface area contributed by atoms with Crippen molar-refractivity contribution in [1.29, 1.82) is 0 Å². The first kappa shape index (κ1) is 21.5. The van der Waals surface area contributed by atoms with Crippen LogP contribution in [0.15, 0.2) is 18.2 Å². The summed E-state index contributed by atoms with van der Waals surface area (Å²) in [4.78, 5) is 30.1. The minimum Gasteiger partial charge on any atom is -0.497 e. The fourth-order valence-electron chi connectivity index (χ4n) is 4.53. The van der Waals surface area contributed by atoms with Crippen molar-refractivity contribution in [2.45, 2.75) is 45.4 Å². The Morgan fingerprint density at radius 2 is 1.76 bits per heavy atom. The summed E-state index contributed by atoms with van der Waals surface area (Å²) >= 11 is 0. The lowest BCUT2D eigenvalue weighted by Crippen LogP contribution is -2.42. The van der Waals surface area contributed by atoms with E-state index in [1.54, 1.807) is 14.2 Å². The molecule has 0 aromatic heterocycles. The highest BCUT2D eigenvalue weighted by Crippen LogP contribution is 2.40. The zero-order valence-electron chi connectivity index (χ0n) is 18.1. The molecule has 160 valence electrons. The molecule has 0 spiro atoms. The number of carbonyl (C=O) groups is 2. The molecule has 2 amide bonds. The third-order valence-electron chi connectivity index (χ3n) is 6.08. The van der Waals surface area contributed by atoms with E-state index in [1.807, 2.05) is 41.8 Å². The number of carbonyl (C=O) groups excluding carboxylic acids is 2. The van der Waals surface area contributed by atoms with E-state index in [0.29, 0.717) is 25.4 Å². The van der Waals surface area contributed by atoms with E-state index in [2.05, 4.69) is 0 Å². The molecule has 2 fully saturated rings. The molecule has 1 aromatic carbocycles. The first-order valence-electron chi connectivity index (χ1n) is 10.7. The maximum Gasteiger partial charge on any atom is 0.228 e. The molecule has 2 aliphatic heterocycles.